The maximum atomic E-state index is 14.0. The molecular weight excluding hydrogens is 366 g/mol. The Bertz CT molecular complexity index is 1030. The van der Waals surface area contributed by atoms with Crippen LogP contribution >= 0.6 is 0 Å². The highest BCUT2D eigenvalue weighted by Crippen LogP contribution is 2.14. The summed E-state index contributed by atoms with van der Waals surface area (Å²) in [5.41, 5.74) is 0.528. The van der Waals surface area contributed by atoms with Gasteiger partial charge in [0.25, 0.3) is 11.5 Å². The topological polar surface area (TPSA) is 62.5 Å². The highest BCUT2D eigenvalue weighted by atomic mass is 19.1. The van der Waals surface area contributed by atoms with Crippen molar-refractivity contribution in [2.75, 3.05) is 13.2 Å². The summed E-state index contributed by atoms with van der Waals surface area (Å²) in [6.45, 7) is -0.317. The zero-order chi connectivity index (χ0) is 20.1. The van der Waals surface area contributed by atoms with E-state index in [-0.39, 0.29) is 30.8 Å². The average Bonchev–Trinajstić information content (AvgIpc) is 2.70. The zero-order valence-corrected chi connectivity index (χ0v) is 14.9. The van der Waals surface area contributed by atoms with Gasteiger partial charge < -0.3 is 10.0 Å². The second-order valence-corrected chi connectivity index (χ2v) is 6.14. The van der Waals surface area contributed by atoms with Gasteiger partial charge in [0.05, 0.1) is 12.2 Å². The maximum Gasteiger partial charge on any atom is 0.255 e. The van der Waals surface area contributed by atoms with Crippen molar-refractivity contribution in [1.29, 1.82) is 0 Å². The van der Waals surface area contributed by atoms with Gasteiger partial charge >= 0.3 is 0 Å². The van der Waals surface area contributed by atoms with Crippen LogP contribution in [0.25, 0.3) is 5.69 Å². The predicted octanol–water partition coefficient (Wildman–Crippen LogP) is 2.75. The van der Waals surface area contributed by atoms with E-state index in [4.69, 9.17) is 0 Å². The SMILES string of the molecule is O=C(c1ccc(=O)n(-c2ccc(F)cc2)c1)N(CCO)Cc1ccccc1F. The lowest BCUT2D eigenvalue weighted by Gasteiger charge is -2.22. The summed E-state index contributed by atoms with van der Waals surface area (Å²) in [4.78, 5) is 26.4. The van der Waals surface area contributed by atoms with Gasteiger partial charge in [-0.05, 0) is 36.4 Å². The van der Waals surface area contributed by atoms with Crippen LogP contribution in [-0.2, 0) is 6.54 Å². The number of amides is 1. The van der Waals surface area contributed by atoms with Gasteiger partial charge in [0.2, 0.25) is 0 Å². The van der Waals surface area contributed by atoms with Crippen LogP contribution in [0.5, 0.6) is 0 Å². The highest BCUT2D eigenvalue weighted by molar-refractivity contribution is 5.94. The van der Waals surface area contributed by atoms with Crippen LogP contribution in [-0.4, -0.2) is 33.6 Å². The monoisotopic (exact) mass is 384 g/mol. The standard InChI is InChI=1S/C21H18F2N2O3/c22-17-6-8-18(9-7-17)25-14-16(5-10-20(25)27)21(28)24(11-12-26)13-15-3-1-2-4-19(15)23/h1-10,14,26H,11-13H2. The summed E-state index contributed by atoms with van der Waals surface area (Å²) in [7, 11) is 0. The summed E-state index contributed by atoms with van der Waals surface area (Å²) in [6.07, 6.45) is 1.35. The van der Waals surface area contributed by atoms with E-state index in [1.54, 1.807) is 18.2 Å². The lowest BCUT2D eigenvalue weighted by atomic mass is 10.1. The predicted molar refractivity (Wildman–Crippen MR) is 100 cm³/mol. The van der Waals surface area contributed by atoms with Crippen molar-refractivity contribution >= 4 is 5.91 Å². The van der Waals surface area contributed by atoms with Crippen LogP contribution in [0.2, 0.25) is 0 Å². The number of benzene rings is 2. The van der Waals surface area contributed by atoms with E-state index in [0.717, 1.165) is 0 Å². The van der Waals surface area contributed by atoms with E-state index in [0.29, 0.717) is 11.3 Å². The summed E-state index contributed by atoms with van der Waals surface area (Å²) in [6, 6.07) is 14.0. The van der Waals surface area contributed by atoms with Crippen molar-refractivity contribution in [3.63, 3.8) is 0 Å². The van der Waals surface area contributed by atoms with Gasteiger partial charge in [0.1, 0.15) is 11.6 Å². The Hall–Kier alpha value is -3.32. The fraction of sp³-hybridized carbons (Fsp3) is 0.143. The Morgan fingerprint density at radius 2 is 1.71 bits per heavy atom. The minimum Gasteiger partial charge on any atom is -0.395 e. The molecule has 0 aliphatic heterocycles. The average molecular weight is 384 g/mol. The van der Waals surface area contributed by atoms with Crippen LogP contribution < -0.4 is 5.56 Å². The molecule has 0 saturated carbocycles. The third-order valence-corrected chi connectivity index (χ3v) is 4.24. The first-order valence-electron chi connectivity index (χ1n) is 8.62. The highest BCUT2D eigenvalue weighted by Gasteiger charge is 2.18. The van der Waals surface area contributed by atoms with Gasteiger partial charge in [-0.1, -0.05) is 18.2 Å². The third kappa shape index (κ3) is 4.32. The first-order chi connectivity index (χ1) is 13.5. The first-order valence-corrected chi connectivity index (χ1v) is 8.62. The largest absolute Gasteiger partial charge is 0.395 e. The second kappa shape index (κ2) is 8.58. The molecule has 1 aromatic heterocycles. The molecule has 0 unspecified atom stereocenters. The van der Waals surface area contributed by atoms with E-state index in [9.17, 15) is 23.5 Å². The summed E-state index contributed by atoms with van der Waals surface area (Å²) >= 11 is 0. The number of pyridine rings is 1. The van der Waals surface area contributed by atoms with Gasteiger partial charge in [-0.25, -0.2) is 8.78 Å². The Kier molecular flexibility index (Phi) is 5.96. The molecule has 0 radical (unpaired) electrons. The summed E-state index contributed by atoms with van der Waals surface area (Å²) < 4.78 is 28.3. The smallest absolute Gasteiger partial charge is 0.255 e. The number of hydrogen-bond acceptors (Lipinski definition) is 3. The van der Waals surface area contributed by atoms with Crippen molar-refractivity contribution in [2.24, 2.45) is 0 Å². The summed E-state index contributed by atoms with van der Waals surface area (Å²) in [5.74, 6) is -1.36. The number of aromatic nitrogens is 1. The number of aliphatic hydroxyl groups excluding tert-OH is 1. The number of hydrogen-bond donors (Lipinski definition) is 1. The third-order valence-electron chi connectivity index (χ3n) is 4.24. The quantitative estimate of drug-likeness (QED) is 0.711. The van der Waals surface area contributed by atoms with Crippen LogP contribution in [0.1, 0.15) is 15.9 Å². The van der Waals surface area contributed by atoms with Crippen molar-refractivity contribution in [2.45, 2.75) is 6.54 Å². The molecule has 0 bridgehead atoms. The van der Waals surface area contributed by atoms with Gasteiger partial charge in [-0.2, -0.15) is 0 Å². The minimum absolute atomic E-state index is 0.00282. The van der Waals surface area contributed by atoms with Crippen molar-refractivity contribution in [1.82, 2.24) is 9.47 Å². The number of carbonyl (C=O) groups excluding carboxylic acids is 1. The van der Waals surface area contributed by atoms with Gasteiger partial charge in [-0.15, -0.1) is 0 Å². The molecule has 144 valence electrons. The normalized spacial score (nSPS) is 10.7. The van der Waals surface area contributed by atoms with E-state index in [1.165, 1.54) is 58.1 Å². The Labute approximate surface area is 160 Å². The molecule has 28 heavy (non-hydrogen) atoms. The van der Waals surface area contributed by atoms with Crippen molar-refractivity contribution < 1.29 is 18.7 Å². The molecule has 0 aliphatic rings. The fourth-order valence-corrected chi connectivity index (χ4v) is 2.81. The van der Waals surface area contributed by atoms with E-state index in [1.807, 2.05) is 0 Å². The lowest BCUT2D eigenvalue weighted by Crippen LogP contribution is -2.34. The Morgan fingerprint density at radius 1 is 1.00 bits per heavy atom. The van der Waals surface area contributed by atoms with Crippen LogP contribution in [0, 0.1) is 11.6 Å². The van der Waals surface area contributed by atoms with Gasteiger partial charge in [0.15, 0.2) is 0 Å². The molecule has 7 heteroatoms. The van der Waals surface area contributed by atoms with E-state index < -0.39 is 17.5 Å². The first kappa shape index (κ1) is 19.4. The molecule has 2 aromatic carbocycles. The Balaban J connectivity index is 1.93. The minimum atomic E-state index is -0.465. The van der Waals surface area contributed by atoms with Crippen LogP contribution in [0.4, 0.5) is 8.78 Å². The lowest BCUT2D eigenvalue weighted by molar-refractivity contribution is 0.0705. The molecule has 0 saturated heterocycles. The van der Waals surface area contributed by atoms with Gasteiger partial charge in [0, 0.05) is 36.6 Å². The molecule has 3 aromatic rings. The Morgan fingerprint density at radius 3 is 2.39 bits per heavy atom. The molecule has 1 amide bonds. The molecule has 0 spiro atoms. The fourth-order valence-electron chi connectivity index (χ4n) is 2.81. The number of rotatable bonds is 6. The summed E-state index contributed by atoms with van der Waals surface area (Å²) in [5, 5.41) is 9.30. The molecular formula is C21H18F2N2O3. The molecule has 0 fully saturated rings. The van der Waals surface area contributed by atoms with Crippen molar-refractivity contribution in [3.8, 4) is 5.69 Å². The maximum absolute atomic E-state index is 14.0. The number of aliphatic hydroxyl groups is 1. The van der Waals surface area contributed by atoms with E-state index in [2.05, 4.69) is 0 Å². The zero-order valence-electron chi connectivity index (χ0n) is 14.9. The molecule has 5 nitrogen and oxygen atoms in total. The molecule has 1 N–H and O–H groups in total. The van der Waals surface area contributed by atoms with Crippen LogP contribution in [0.15, 0.2) is 71.7 Å². The van der Waals surface area contributed by atoms with Crippen LogP contribution in [0.3, 0.4) is 0 Å². The second-order valence-electron chi connectivity index (χ2n) is 6.14. The van der Waals surface area contributed by atoms with Gasteiger partial charge in [-0.3, -0.25) is 14.2 Å². The molecule has 0 aliphatic carbocycles. The number of carbonyl (C=O) groups is 1. The molecule has 1 heterocycles. The number of nitrogens with zero attached hydrogens (tertiary/aromatic N) is 2. The molecule has 0 atom stereocenters. The number of halogens is 2. The van der Waals surface area contributed by atoms with E-state index >= 15 is 0 Å². The van der Waals surface area contributed by atoms with Crippen molar-refractivity contribution in [3.05, 3.63) is 100.0 Å². The molecule has 3 rings (SSSR count).